The molecule has 2 N–H and O–H groups in total. The number of benzene rings is 3. The Morgan fingerprint density at radius 3 is 2.24 bits per heavy atom. The minimum Gasteiger partial charge on any atom is -0.392 e. The van der Waals surface area contributed by atoms with Crippen molar-refractivity contribution in [2.75, 3.05) is 38.0 Å². The predicted octanol–water partition coefficient (Wildman–Crippen LogP) is 6.10. The average Bonchev–Trinajstić information content (AvgIpc) is 2.99. The molecule has 0 aromatic heterocycles. The molecule has 224 valence electrons. The first-order chi connectivity index (χ1) is 20.2. The molecule has 0 radical (unpaired) electrons. The molecule has 2 aliphatic heterocycles. The van der Waals surface area contributed by atoms with Crippen molar-refractivity contribution in [1.82, 2.24) is 9.80 Å². The van der Waals surface area contributed by atoms with Crippen LogP contribution < -0.4 is 5.32 Å². The lowest BCUT2D eigenvalue weighted by Gasteiger charge is -2.44. The van der Waals surface area contributed by atoms with E-state index in [4.69, 9.17) is 44.3 Å². The van der Waals surface area contributed by atoms with Crippen LogP contribution in [-0.2, 0) is 27.4 Å². The Labute approximate surface area is 262 Å². The summed E-state index contributed by atoms with van der Waals surface area (Å²) in [5, 5.41) is 12.2. The highest BCUT2D eigenvalue weighted by atomic mass is 35.6. The summed E-state index contributed by atoms with van der Waals surface area (Å²) in [5.41, 5.74) is 4.42. The topological polar surface area (TPSA) is 74.3 Å². The smallest absolute Gasteiger partial charge is 0.276 e. The molecule has 0 spiro atoms. The maximum atomic E-state index is 12.3. The van der Waals surface area contributed by atoms with Gasteiger partial charge in [0, 0.05) is 56.4 Å². The van der Waals surface area contributed by atoms with E-state index in [-0.39, 0.29) is 24.7 Å². The summed E-state index contributed by atoms with van der Waals surface area (Å²) in [7, 11) is 0. The van der Waals surface area contributed by atoms with E-state index in [2.05, 4.69) is 46.3 Å². The van der Waals surface area contributed by atoms with E-state index in [1.165, 1.54) is 5.56 Å². The number of piperazine rings is 1. The third-order valence-electron chi connectivity index (χ3n) is 7.95. The zero-order valence-corrected chi connectivity index (χ0v) is 25.7. The molecule has 0 unspecified atom stereocenters. The third-order valence-corrected chi connectivity index (χ3v) is 8.46. The molecule has 0 aliphatic carbocycles. The van der Waals surface area contributed by atoms with Gasteiger partial charge in [-0.1, -0.05) is 108 Å². The lowest BCUT2D eigenvalue weighted by molar-refractivity contribution is -0.276. The van der Waals surface area contributed by atoms with Crippen LogP contribution in [0.4, 0.5) is 5.69 Å². The minimum absolute atomic E-state index is 0.0152. The number of aliphatic hydroxyl groups excluding tert-OH is 1. The second-order valence-electron chi connectivity index (χ2n) is 11.0. The van der Waals surface area contributed by atoms with Gasteiger partial charge in [0.2, 0.25) is 0 Å². The fourth-order valence-corrected chi connectivity index (χ4v) is 5.66. The summed E-state index contributed by atoms with van der Waals surface area (Å²) in [4.78, 5) is 17.2. The highest BCUT2D eigenvalue weighted by Crippen LogP contribution is 2.42. The highest BCUT2D eigenvalue weighted by Gasteiger charge is 2.39. The normalized spacial score (nSPS) is 23.9. The van der Waals surface area contributed by atoms with Crippen LogP contribution in [0.25, 0.3) is 0 Å². The van der Waals surface area contributed by atoms with Crippen LogP contribution in [0, 0.1) is 5.92 Å². The van der Waals surface area contributed by atoms with Gasteiger partial charge in [-0.2, -0.15) is 0 Å². The quantitative estimate of drug-likeness (QED) is 0.293. The van der Waals surface area contributed by atoms with E-state index in [0.29, 0.717) is 5.69 Å². The minimum atomic E-state index is -2.08. The molecular formula is C32H36Cl3N3O4. The maximum absolute atomic E-state index is 12.3. The number of anilines is 1. The van der Waals surface area contributed by atoms with Crippen molar-refractivity contribution in [2.45, 2.75) is 42.4 Å². The number of halogens is 3. The van der Waals surface area contributed by atoms with Crippen molar-refractivity contribution in [3.05, 3.63) is 101 Å². The lowest BCUT2D eigenvalue weighted by atomic mass is 9.90. The first-order valence-corrected chi connectivity index (χ1v) is 15.3. The zero-order valence-electron chi connectivity index (χ0n) is 23.5. The summed E-state index contributed by atoms with van der Waals surface area (Å²) in [6.07, 6.45) is -1.01. The van der Waals surface area contributed by atoms with Crippen LogP contribution in [0.1, 0.15) is 41.6 Å². The standard InChI is InChI=1S/C32H36Cl3N3O4/c1-22-28(20-38-16-14-37(15-17-38)19-23-6-3-2-4-7-23)41-30(42-29(22)25-12-10-24(21-39)11-13-25)26-8-5-9-27(18-26)36-31(40)32(33,34)35/h2-13,18,22,28-30,39H,14-17,19-21H2,1H3,(H,36,40)/t22-,28+,29+,30+/m0/s1. The number of alkyl halides is 3. The summed E-state index contributed by atoms with van der Waals surface area (Å²) in [5.74, 6) is -0.675. The number of rotatable bonds is 8. The van der Waals surface area contributed by atoms with E-state index in [1.807, 2.05) is 36.4 Å². The number of carbonyl (C=O) groups excluding carboxylic acids is 1. The zero-order chi connectivity index (χ0) is 29.7. The lowest BCUT2D eigenvalue weighted by Crippen LogP contribution is -2.51. The van der Waals surface area contributed by atoms with Gasteiger partial charge >= 0.3 is 0 Å². The van der Waals surface area contributed by atoms with Gasteiger partial charge in [-0.3, -0.25) is 14.6 Å². The Morgan fingerprint density at radius 2 is 1.57 bits per heavy atom. The third kappa shape index (κ3) is 8.04. The SMILES string of the molecule is C[C@H]1[C@@H](CN2CCN(Cc3ccccc3)CC2)O[C@@H](c2cccc(NC(=O)C(Cl)(Cl)Cl)c2)O[C@H]1c1ccc(CO)cc1. The van der Waals surface area contributed by atoms with E-state index in [9.17, 15) is 9.90 Å². The molecule has 4 atom stereocenters. The van der Waals surface area contributed by atoms with Gasteiger partial charge in [-0.25, -0.2) is 0 Å². The molecule has 5 rings (SSSR count). The van der Waals surface area contributed by atoms with E-state index < -0.39 is 16.0 Å². The van der Waals surface area contributed by atoms with Crippen molar-refractivity contribution in [3.8, 4) is 0 Å². The average molecular weight is 633 g/mol. The molecule has 0 saturated carbocycles. The number of hydrogen-bond acceptors (Lipinski definition) is 6. The molecule has 1 amide bonds. The van der Waals surface area contributed by atoms with Gasteiger partial charge in [0.05, 0.1) is 18.8 Å². The molecule has 2 fully saturated rings. The Hall–Kier alpha value is -2.20. The van der Waals surface area contributed by atoms with E-state index in [0.717, 1.165) is 56.0 Å². The van der Waals surface area contributed by atoms with Gasteiger partial charge in [0.1, 0.15) is 0 Å². The van der Waals surface area contributed by atoms with Crippen LogP contribution in [0.5, 0.6) is 0 Å². The van der Waals surface area contributed by atoms with Crippen LogP contribution in [0.2, 0.25) is 0 Å². The molecule has 2 heterocycles. The number of ether oxygens (including phenoxy) is 2. The van der Waals surface area contributed by atoms with Crippen molar-refractivity contribution >= 4 is 46.4 Å². The summed E-state index contributed by atoms with van der Waals surface area (Å²) in [6.45, 7) is 7.78. The van der Waals surface area contributed by atoms with Crippen molar-refractivity contribution in [1.29, 1.82) is 0 Å². The molecule has 42 heavy (non-hydrogen) atoms. The van der Waals surface area contributed by atoms with Gasteiger partial charge < -0.3 is 19.9 Å². The summed E-state index contributed by atoms with van der Waals surface area (Å²) < 4.78 is 11.1. The number of carbonyl (C=O) groups is 1. The fraction of sp³-hybridized carbons (Fsp3) is 0.406. The van der Waals surface area contributed by atoms with Crippen molar-refractivity contribution in [2.24, 2.45) is 5.92 Å². The molecule has 7 nitrogen and oxygen atoms in total. The molecule has 2 saturated heterocycles. The fourth-order valence-electron chi connectivity index (χ4n) is 5.52. The number of hydrogen-bond donors (Lipinski definition) is 2. The van der Waals surface area contributed by atoms with Crippen molar-refractivity contribution < 1.29 is 19.4 Å². The highest BCUT2D eigenvalue weighted by molar-refractivity contribution is 6.76. The van der Waals surface area contributed by atoms with E-state index in [1.54, 1.807) is 18.2 Å². The molecule has 3 aromatic carbocycles. The molecular weight excluding hydrogens is 597 g/mol. The molecule has 2 aliphatic rings. The monoisotopic (exact) mass is 631 g/mol. The van der Waals surface area contributed by atoms with Gasteiger partial charge in [-0.15, -0.1) is 0 Å². The summed E-state index contributed by atoms with van der Waals surface area (Å²) >= 11 is 17.3. The van der Waals surface area contributed by atoms with Crippen LogP contribution >= 0.6 is 34.8 Å². The van der Waals surface area contributed by atoms with Gasteiger partial charge in [0.25, 0.3) is 9.70 Å². The molecule has 3 aromatic rings. The maximum Gasteiger partial charge on any atom is 0.276 e. The van der Waals surface area contributed by atoms with Crippen LogP contribution in [0.3, 0.4) is 0 Å². The van der Waals surface area contributed by atoms with E-state index >= 15 is 0 Å². The summed E-state index contributed by atoms with van der Waals surface area (Å²) in [6, 6.07) is 25.6. The molecule has 0 bridgehead atoms. The Balaban J connectivity index is 1.31. The first kappa shape index (κ1) is 31.2. The Kier molecular flexibility index (Phi) is 10.5. The second kappa shape index (κ2) is 14.1. The number of nitrogens with zero attached hydrogens (tertiary/aromatic N) is 2. The number of aliphatic hydroxyl groups is 1. The second-order valence-corrected chi connectivity index (χ2v) is 13.2. The van der Waals surface area contributed by atoms with Gasteiger partial charge in [-0.05, 0) is 28.8 Å². The van der Waals surface area contributed by atoms with Crippen molar-refractivity contribution in [3.63, 3.8) is 0 Å². The van der Waals surface area contributed by atoms with Crippen LogP contribution in [-0.4, -0.2) is 63.4 Å². The Morgan fingerprint density at radius 1 is 0.881 bits per heavy atom. The number of amides is 1. The van der Waals surface area contributed by atoms with Gasteiger partial charge in [0.15, 0.2) is 6.29 Å². The predicted molar refractivity (Wildman–Crippen MR) is 166 cm³/mol. The first-order valence-electron chi connectivity index (χ1n) is 14.2. The van der Waals surface area contributed by atoms with Crippen LogP contribution in [0.15, 0.2) is 78.9 Å². The number of nitrogens with one attached hydrogen (secondary N) is 1. The molecule has 10 heteroatoms. The Bertz CT molecular complexity index is 1310. The largest absolute Gasteiger partial charge is 0.392 e.